The van der Waals surface area contributed by atoms with Crippen LogP contribution in [0.4, 0.5) is 5.95 Å². The maximum atomic E-state index is 12.7. The van der Waals surface area contributed by atoms with Crippen LogP contribution in [-0.2, 0) is 23.5 Å². The monoisotopic (exact) mass is 334 g/mol. The molecule has 7 nitrogen and oxygen atoms in total. The van der Waals surface area contributed by atoms with Gasteiger partial charge in [-0.3, -0.25) is 0 Å². The first-order valence-corrected chi connectivity index (χ1v) is 9.21. The Morgan fingerprint density at radius 1 is 1.35 bits per heavy atom. The van der Waals surface area contributed by atoms with Gasteiger partial charge in [0.15, 0.2) is 5.82 Å². The number of sulfonamides is 1. The summed E-state index contributed by atoms with van der Waals surface area (Å²) < 4.78 is 35.1. The lowest BCUT2D eigenvalue weighted by Crippen LogP contribution is -2.19. The van der Waals surface area contributed by atoms with E-state index >= 15 is 0 Å². The number of anilines is 1. The van der Waals surface area contributed by atoms with Crippen molar-refractivity contribution in [2.45, 2.75) is 36.5 Å². The Balaban J connectivity index is 1.68. The second kappa shape index (κ2) is 5.23. The van der Waals surface area contributed by atoms with Crippen molar-refractivity contribution in [2.75, 3.05) is 11.3 Å². The minimum atomic E-state index is -3.77. The lowest BCUT2D eigenvalue weighted by atomic mass is 10.1. The Morgan fingerprint density at radius 3 is 2.96 bits per heavy atom. The Labute approximate surface area is 134 Å². The summed E-state index contributed by atoms with van der Waals surface area (Å²) in [4.78, 5) is 4.47. The number of fused-ring (bicyclic) bond motifs is 1. The van der Waals surface area contributed by atoms with Crippen molar-refractivity contribution in [1.29, 1.82) is 0 Å². The third kappa shape index (κ3) is 2.67. The van der Waals surface area contributed by atoms with Crippen LogP contribution in [0.25, 0.3) is 0 Å². The number of nitrogens with one attached hydrogen (secondary N) is 1. The van der Waals surface area contributed by atoms with E-state index in [1.165, 1.54) is 4.68 Å². The second-order valence-electron chi connectivity index (χ2n) is 5.99. The van der Waals surface area contributed by atoms with E-state index in [2.05, 4.69) is 14.8 Å². The zero-order chi connectivity index (χ0) is 16.0. The van der Waals surface area contributed by atoms with Crippen LogP contribution in [0.5, 0.6) is 5.75 Å². The molecule has 4 rings (SSSR count). The molecule has 0 atom stereocenters. The van der Waals surface area contributed by atoms with Crippen molar-refractivity contribution < 1.29 is 13.2 Å². The third-order valence-corrected chi connectivity index (χ3v) is 5.49. The van der Waals surface area contributed by atoms with Crippen molar-refractivity contribution in [3.63, 3.8) is 0 Å². The Hall–Kier alpha value is -2.09. The van der Waals surface area contributed by atoms with E-state index in [4.69, 9.17) is 4.74 Å². The average Bonchev–Trinajstić information content (AvgIpc) is 3.32. The number of nitrogens with zero attached hydrogens (tertiary/aromatic N) is 3. The van der Waals surface area contributed by atoms with Gasteiger partial charge in [-0.15, -0.1) is 0 Å². The summed E-state index contributed by atoms with van der Waals surface area (Å²) >= 11 is 0. The minimum absolute atomic E-state index is 0.158. The molecule has 1 aliphatic heterocycles. The van der Waals surface area contributed by atoms with Gasteiger partial charge < -0.3 is 4.74 Å². The molecular weight excluding hydrogens is 316 g/mol. The second-order valence-corrected chi connectivity index (χ2v) is 7.64. The summed E-state index contributed by atoms with van der Waals surface area (Å²) in [5.74, 6) is 1.76. The molecule has 1 aliphatic carbocycles. The first-order valence-electron chi connectivity index (χ1n) is 7.73. The van der Waals surface area contributed by atoms with E-state index in [0.29, 0.717) is 24.1 Å². The van der Waals surface area contributed by atoms with Crippen molar-refractivity contribution in [1.82, 2.24) is 14.8 Å². The lowest BCUT2D eigenvalue weighted by Gasteiger charge is -2.20. The Kier molecular flexibility index (Phi) is 3.29. The number of para-hydroxylation sites is 1. The highest BCUT2D eigenvalue weighted by molar-refractivity contribution is 7.92. The number of ether oxygens (including phenoxy) is 1. The number of hydrogen-bond donors (Lipinski definition) is 1. The molecule has 0 saturated heterocycles. The smallest absolute Gasteiger partial charge is 0.267 e. The van der Waals surface area contributed by atoms with Gasteiger partial charge in [-0.05, 0) is 37.3 Å². The molecule has 1 N–H and O–H groups in total. The number of benzene rings is 1. The van der Waals surface area contributed by atoms with Crippen LogP contribution >= 0.6 is 0 Å². The predicted octanol–water partition coefficient (Wildman–Crippen LogP) is 1.82. The zero-order valence-corrected chi connectivity index (χ0v) is 13.6. The van der Waals surface area contributed by atoms with Gasteiger partial charge in [0.1, 0.15) is 10.6 Å². The van der Waals surface area contributed by atoms with Crippen molar-refractivity contribution >= 4 is 16.0 Å². The summed E-state index contributed by atoms with van der Waals surface area (Å²) in [6.45, 7) is 0.537. The van der Waals surface area contributed by atoms with Gasteiger partial charge in [-0.2, -0.15) is 10.1 Å². The molecule has 1 fully saturated rings. The van der Waals surface area contributed by atoms with Gasteiger partial charge in [0, 0.05) is 13.0 Å². The molecule has 23 heavy (non-hydrogen) atoms. The predicted molar refractivity (Wildman–Crippen MR) is 84.0 cm³/mol. The maximum Gasteiger partial charge on any atom is 0.267 e. The molecule has 1 aromatic carbocycles. The highest BCUT2D eigenvalue weighted by atomic mass is 32.2. The fourth-order valence-corrected chi connectivity index (χ4v) is 3.97. The fraction of sp³-hybridized carbons (Fsp3) is 0.467. The molecule has 0 unspecified atom stereocenters. The van der Waals surface area contributed by atoms with Crippen LogP contribution in [0, 0.1) is 0 Å². The van der Waals surface area contributed by atoms with E-state index in [1.54, 1.807) is 19.2 Å². The summed E-state index contributed by atoms with van der Waals surface area (Å²) in [6.07, 6.45) is 3.86. The first-order chi connectivity index (χ1) is 11.0. The molecule has 0 radical (unpaired) electrons. The van der Waals surface area contributed by atoms with Crippen molar-refractivity contribution in [2.24, 2.45) is 7.05 Å². The van der Waals surface area contributed by atoms with Crippen LogP contribution in [0.2, 0.25) is 0 Å². The molecule has 0 bridgehead atoms. The van der Waals surface area contributed by atoms with E-state index < -0.39 is 10.0 Å². The van der Waals surface area contributed by atoms with Gasteiger partial charge in [0.2, 0.25) is 5.95 Å². The summed E-state index contributed by atoms with van der Waals surface area (Å²) in [5, 5.41) is 4.29. The summed E-state index contributed by atoms with van der Waals surface area (Å²) in [5.41, 5.74) is 0.927. The van der Waals surface area contributed by atoms with Crippen LogP contribution in [0.15, 0.2) is 23.1 Å². The SMILES string of the molecule is Cn1nc(C2CC2)nc1NS(=O)(=O)c1cccc2c1OCCC2. The average molecular weight is 334 g/mol. The van der Waals surface area contributed by atoms with Crippen LogP contribution in [0.3, 0.4) is 0 Å². The number of aromatic nitrogens is 3. The van der Waals surface area contributed by atoms with Gasteiger partial charge in [-0.25, -0.2) is 17.8 Å². The Bertz CT molecular complexity index is 856. The largest absolute Gasteiger partial charge is 0.492 e. The third-order valence-electron chi connectivity index (χ3n) is 4.13. The molecule has 2 aromatic rings. The van der Waals surface area contributed by atoms with Crippen molar-refractivity contribution in [3.8, 4) is 5.75 Å². The number of rotatable bonds is 4. The van der Waals surface area contributed by atoms with Crippen molar-refractivity contribution in [3.05, 3.63) is 29.6 Å². The number of aryl methyl sites for hydroxylation is 2. The molecule has 0 spiro atoms. The van der Waals surface area contributed by atoms with E-state index in [1.807, 2.05) is 6.07 Å². The van der Waals surface area contributed by atoms with E-state index in [-0.39, 0.29) is 10.8 Å². The molecule has 0 amide bonds. The van der Waals surface area contributed by atoms with Gasteiger partial charge in [-0.1, -0.05) is 12.1 Å². The zero-order valence-electron chi connectivity index (χ0n) is 12.8. The number of hydrogen-bond acceptors (Lipinski definition) is 5. The summed E-state index contributed by atoms with van der Waals surface area (Å²) in [6, 6.07) is 5.21. The Morgan fingerprint density at radius 2 is 2.17 bits per heavy atom. The van der Waals surface area contributed by atoms with Gasteiger partial charge in [0.05, 0.1) is 6.61 Å². The highest BCUT2D eigenvalue weighted by Gasteiger charge is 2.30. The van der Waals surface area contributed by atoms with Crippen LogP contribution in [0.1, 0.15) is 36.6 Å². The fourth-order valence-electron chi connectivity index (χ4n) is 2.75. The topological polar surface area (TPSA) is 86.1 Å². The molecule has 2 aliphatic rings. The standard InChI is InChI=1S/C15H18N4O3S/c1-19-15(16-14(17-19)11-7-8-11)18-23(20,21)12-6-2-4-10-5-3-9-22-13(10)12/h2,4,6,11H,3,5,7-9H2,1H3,(H,16,17,18). The molecular formula is C15H18N4O3S. The maximum absolute atomic E-state index is 12.7. The molecule has 1 aromatic heterocycles. The molecule has 122 valence electrons. The quantitative estimate of drug-likeness (QED) is 0.922. The molecule has 2 heterocycles. The van der Waals surface area contributed by atoms with Gasteiger partial charge in [0.25, 0.3) is 10.0 Å². The van der Waals surface area contributed by atoms with Crippen LogP contribution in [-0.4, -0.2) is 29.8 Å². The minimum Gasteiger partial charge on any atom is -0.492 e. The van der Waals surface area contributed by atoms with E-state index in [0.717, 1.165) is 31.2 Å². The highest BCUT2D eigenvalue weighted by Crippen LogP contribution is 2.38. The van der Waals surface area contributed by atoms with E-state index in [9.17, 15) is 8.42 Å². The first kappa shape index (κ1) is 14.5. The summed E-state index contributed by atoms with van der Waals surface area (Å²) in [7, 11) is -2.08. The molecule has 8 heteroatoms. The molecule has 1 saturated carbocycles. The van der Waals surface area contributed by atoms with Crippen LogP contribution < -0.4 is 9.46 Å². The van der Waals surface area contributed by atoms with Gasteiger partial charge >= 0.3 is 0 Å². The normalized spacial score (nSPS) is 17.4. The lowest BCUT2D eigenvalue weighted by molar-refractivity contribution is 0.280.